The van der Waals surface area contributed by atoms with E-state index in [4.69, 9.17) is 14.5 Å². The zero-order valence-electron chi connectivity index (χ0n) is 18.3. The molecule has 0 spiro atoms. The molecule has 1 aromatic carbocycles. The fraction of sp³-hybridized carbons (Fsp3) is 0.458. The molecule has 0 aliphatic heterocycles. The van der Waals surface area contributed by atoms with Crippen LogP contribution < -0.4 is 10.3 Å². The Morgan fingerprint density at radius 3 is 2.94 bits per heavy atom. The third-order valence-electron chi connectivity index (χ3n) is 5.72. The molecule has 0 fully saturated rings. The fourth-order valence-electron chi connectivity index (χ4n) is 4.28. The Kier molecular flexibility index (Phi) is 6.41. The van der Waals surface area contributed by atoms with Gasteiger partial charge in [0.05, 0.1) is 24.5 Å². The Morgan fingerprint density at radius 1 is 1.32 bits per heavy atom. The van der Waals surface area contributed by atoms with Gasteiger partial charge in [-0.1, -0.05) is 12.1 Å². The van der Waals surface area contributed by atoms with Crippen molar-refractivity contribution in [3.8, 4) is 5.75 Å². The zero-order chi connectivity index (χ0) is 22.0. The summed E-state index contributed by atoms with van der Waals surface area (Å²) in [7, 11) is 0. The SMILES string of the molecule is CCOC(=O)C1CCCc2sc3nc(C)n(CCCOc4cccc(C)c4)c(=O)c3c21. The fourth-order valence-corrected chi connectivity index (χ4v) is 5.59. The third-order valence-corrected chi connectivity index (χ3v) is 6.88. The van der Waals surface area contributed by atoms with Crippen molar-refractivity contribution in [2.75, 3.05) is 13.2 Å². The Labute approximate surface area is 185 Å². The van der Waals surface area contributed by atoms with E-state index in [2.05, 4.69) is 0 Å². The summed E-state index contributed by atoms with van der Waals surface area (Å²) >= 11 is 1.55. The summed E-state index contributed by atoms with van der Waals surface area (Å²) in [5.41, 5.74) is 1.94. The van der Waals surface area contributed by atoms with E-state index in [1.165, 1.54) is 0 Å². The summed E-state index contributed by atoms with van der Waals surface area (Å²) < 4.78 is 12.8. The van der Waals surface area contributed by atoms with E-state index < -0.39 is 0 Å². The minimum Gasteiger partial charge on any atom is -0.494 e. The molecule has 0 amide bonds. The number of hydrogen-bond donors (Lipinski definition) is 0. The minimum atomic E-state index is -0.368. The van der Waals surface area contributed by atoms with E-state index >= 15 is 0 Å². The van der Waals surface area contributed by atoms with Crippen LogP contribution in [0.4, 0.5) is 0 Å². The van der Waals surface area contributed by atoms with Gasteiger partial charge in [-0.3, -0.25) is 14.2 Å². The molecule has 1 atom stereocenters. The van der Waals surface area contributed by atoms with Crippen LogP contribution in [0.3, 0.4) is 0 Å². The maximum absolute atomic E-state index is 13.5. The number of carbonyl (C=O) groups excluding carboxylic acids is 1. The standard InChI is InChI=1S/C24H28N2O4S/c1-4-29-24(28)18-10-6-11-19-20(18)21-22(31-19)25-16(3)26(23(21)27)12-7-13-30-17-9-5-8-15(2)14-17/h5,8-9,14,18H,4,6-7,10-13H2,1-3H3. The summed E-state index contributed by atoms with van der Waals surface area (Å²) in [5, 5.41) is 0.600. The molecule has 4 rings (SSSR count). The molecule has 1 aliphatic carbocycles. The molecule has 31 heavy (non-hydrogen) atoms. The predicted octanol–water partition coefficient (Wildman–Crippen LogP) is 4.53. The van der Waals surface area contributed by atoms with Crippen LogP contribution in [0, 0.1) is 13.8 Å². The highest BCUT2D eigenvalue weighted by molar-refractivity contribution is 7.18. The molecular weight excluding hydrogens is 412 g/mol. The summed E-state index contributed by atoms with van der Waals surface area (Å²) in [5.74, 6) is 0.926. The number of thiophene rings is 1. The molecule has 1 aliphatic rings. The molecule has 3 aromatic rings. The smallest absolute Gasteiger partial charge is 0.313 e. The second-order valence-electron chi connectivity index (χ2n) is 7.95. The molecule has 0 saturated carbocycles. The maximum Gasteiger partial charge on any atom is 0.313 e. The highest BCUT2D eigenvalue weighted by Gasteiger charge is 2.33. The maximum atomic E-state index is 13.5. The summed E-state index contributed by atoms with van der Waals surface area (Å²) in [4.78, 5) is 32.6. The van der Waals surface area contributed by atoms with E-state index in [0.29, 0.717) is 37.4 Å². The van der Waals surface area contributed by atoms with Crippen LogP contribution in [-0.4, -0.2) is 28.7 Å². The lowest BCUT2D eigenvalue weighted by Crippen LogP contribution is -2.27. The Morgan fingerprint density at radius 2 is 2.16 bits per heavy atom. The number of esters is 1. The average molecular weight is 441 g/mol. The number of rotatable bonds is 7. The highest BCUT2D eigenvalue weighted by Crippen LogP contribution is 2.41. The molecule has 0 N–H and O–H groups in total. The predicted molar refractivity (Wildman–Crippen MR) is 122 cm³/mol. The molecule has 0 bridgehead atoms. The molecular formula is C24H28N2O4S. The quantitative estimate of drug-likeness (QED) is 0.399. The minimum absolute atomic E-state index is 0.0632. The van der Waals surface area contributed by atoms with Crippen LogP contribution in [0.1, 0.15) is 53.9 Å². The first-order chi connectivity index (χ1) is 15.0. The number of aryl methyl sites for hydroxylation is 3. The zero-order valence-corrected chi connectivity index (χ0v) is 19.1. The molecule has 0 saturated heterocycles. The largest absolute Gasteiger partial charge is 0.494 e. The summed E-state index contributed by atoms with van der Waals surface area (Å²) in [6.45, 7) is 7.08. The van der Waals surface area contributed by atoms with Crippen LogP contribution >= 0.6 is 11.3 Å². The average Bonchev–Trinajstić information content (AvgIpc) is 3.11. The van der Waals surface area contributed by atoms with Crippen LogP contribution in [0.15, 0.2) is 29.1 Å². The molecule has 0 radical (unpaired) electrons. The van der Waals surface area contributed by atoms with Crippen LogP contribution in [-0.2, 0) is 22.5 Å². The van der Waals surface area contributed by atoms with Gasteiger partial charge in [-0.2, -0.15) is 0 Å². The van der Waals surface area contributed by atoms with Crippen molar-refractivity contribution >= 4 is 27.5 Å². The molecule has 164 valence electrons. The van der Waals surface area contributed by atoms with Crippen molar-refractivity contribution in [3.05, 3.63) is 56.4 Å². The van der Waals surface area contributed by atoms with Gasteiger partial charge in [0.15, 0.2) is 0 Å². The number of nitrogens with zero attached hydrogens (tertiary/aromatic N) is 2. The van der Waals surface area contributed by atoms with Crippen molar-refractivity contribution in [1.82, 2.24) is 9.55 Å². The van der Waals surface area contributed by atoms with Gasteiger partial charge >= 0.3 is 5.97 Å². The lowest BCUT2D eigenvalue weighted by atomic mass is 9.86. The van der Waals surface area contributed by atoms with Crippen molar-refractivity contribution < 1.29 is 14.3 Å². The van der Waals surface area contributed by atoms with E-state index in [0.717, 1.165) is 45.8 Å². The van der Waals surface area contributed by atoms with Crippen molar-refractivity contribution in [1.29, 1.82) is 0 Å². The van der Waals surface area contributed by atoms with Gasteiger partial charge < -0.3 is 9.47 Å². The molecule has 6 nitrogen and oxygen atoms in total. The topological polar surface area (TPSA) is 70.4 Å². The lowest BCUT2D eigenvalue weighted by molar-refractivity contribution is -0.145. The van der Waals surface area contributed by atoms with Gasteiger partial charge in [-0.15, -0.1) is 11.3 Å². The van der Waals surface area contributed by atoms with Crippen molar-refractivity contribution in [2.24, 2.45) is 0 Å². The van der Waals surface area contributed by atoms with E-state index in [1.807, 2.05) is 45.0 Å². The number of carbonyl (C=O) groups is 1. The summed E-state index contributed by atoms with van der Waals surface area (Å²) in [6.07, 6.45) is 3.21. The Balaban J connectivity index is 1.59. The van der Waals surface area contributed by atoms with E-state index in [1.54, 1.807) is 15.9 Å². The van der Waals surface area contributed by atoms with Crippen LogP contribution in [0.25, 0.3) is 10.2 Å². The summed E-state index contributed by atoms with van der Waals surface area (Å²) in [6, 6.07) is 7.93. The van der Waals surface area contributed by atoms with Gasteiger partial charge in [0.2, 0.25) is 0 Å². The Bertz CT molecular complexity index is 1160. The van der Waals surface area contributed by atoms with Gasteiger partial charge in [0, 0.05) is 11.4 Å². The number of aromatic nitrogens is 2. The first-order valence-corrected chi connectivity index (χ1v) is 11.7. The van der Waals surface area contributed by atoms with Crippen molar-refractivity contribution in [3.63, 3.8) is 0 Å². The second kappa shape index (κ2) is 9.22. The van der Waals surface area contributed by atoms with E-state index in [9.17, 15) is 9.59 Å². The van der Waals surface area contributed by atoms with Crippen LogP contribution in [0.5, 0.6) is 5.75 Å². The first kappa shape index (κ1) is 21.6. The van der Waals surface area contributed by atoms with E-state index in [-0.39, 0.29) is 17.4 Å². The number of fused-ring (bicyclic) bond motifs is 3. The first-order valence-electron chi connectivity index (χ1n) is 10.9. The molecule has 7 heteroatoms. The van der Waals surface area contributed by atoms with Gasteiger partial charge in [-0.25, -0.2) is 4.98 Å². The normalized spacial score (nSPS) is 15.6. The van der Waals surface area contributed by atoms with Crippen LogP contribution in [0.2, 0.25) is 0 Å². The number of benzene rings is 1. The monoisotopic (exact) mass is 440 g/mol. The lowest BCUT2D eigenvalue weighted by Gasteiger charge is -2.21. The number of hydrogen-bond acceptors (Lipinski definition) is 6. The molecule has 2 aromatic heterocycles. The molecule has 1 unspecified atom stereocenters. The molecule has 2 heterocycles. The third kappa shape index (κ3) is 4.37. The second-order valence-corrected chi connectivity index (χ2v) is 9.03. The van der Waals surface area contributed by atoms with Gasteiger partial charge in [-0.05, 0) is 69.7 Å². The van der Waals surface area contributed by atoms with Gasteiger partial charge in [0.25, 0.3) is 5.56 Å². The highest BCUT2D eigenvalue weighted by atomic mass is 32.1. The van der Waals surface area contributed by atoms with Gasteiger partial charge in [0.1, 0.15) is 16.4 Å². The van der Waals surface area contributed by atoms with Crippen molar-refractivity contribution in [2.45, 2.75) is 58.9 Å². The number of ether oxygens (including phenoxy) is 2. The Hall–Kier alpha value is -2.67.